The second-order valence-electron chi connectivity index (χ2n) is 4.55. The van der Waals surface area contributed by atoms with Gasteiger partial charge >= 0.3 is 0 Å². The van der Waals surface area contributed by atoms with Crippen LogP contribution in [-0.2, 0) is 22.9 Å². The molecule has 0 saturated heterocycles. The van der Waals surface area contributed by atoms with Gasteiger partial charge in [-0.25, -0.2) is 13.1 Å². The summed E-state index contributed by atoms with van der Waals surface area (Å²) in [6.45, 7) is 0.322. The molecule has 0 aliphatic heterocycles. The van der Waals surface area contributed by atoms with E-state index in [1.54, 1.807) is 30.5 Å². The van der Waals surface area contributed by atoms with Crippen LogP contribution in [0.4, 0.5) is 0 Å². The fourth-order valence-electron chi connectivity index (χ4n) is 1.89. The van der Waals surface area contributed by atoms with Crippen molar-refractivity contribution in [2.24, 2.45) is 0 Å². The molecule has 1 aromatic carbocycles. The van der Waals surface area contributed by atoms with Crippen LogP contribution < -0.4 is 4.72 Å². The topological polar surface area (TPSA) is 59.1 Å². The minimum Gasteiger partial charge on any atom is -0.261 e. The van der Waals surface area contributed by atoms with Crippen LogP contribution in [0.1, 0.15) is 11.3 Å². The lowest BCUT2D eigenvalue weighted by Gasteiger charge is -2.07. The number of hydrogen-bond acceptors (Lipinski definition) is 3. The summed E-state index contributed by atoms with van der Waals surface area (Å²) in [5, 5.41) is 0. The van der Waals surface area contributed by atoms with Crippen LogP contribution in [0.5, 0.6) is 0 Å². The van der Waals surface area contributed by atoms with E-state index in [9.17, 15) is 8.42 Å². The van der Waals surface area contributed by atoms with Gasteiger partial charge in [0.25, 0.3) is 0 Å². The van der Waals surface area contributed by atoms with E-state index < -0.39 is 10.0 Å². The lowest BCUT2D eigenvalue weighted by molar-refractivity contribution is 0.581. The molecule has 6 heteroatoms. The van der Waals surface area contributed by atoms with Crippen molar-refractivity contribution < 1.29 is 8.42 Å². The van der Waals surface area contributed by atoms with Gasteiger partial charge in [-0.2, -0.15) is 0 Å². The van der Waals surface area contributed by atoms with Crippen LogP contribution in [-0.4, -0.2) is 25.8 Å². The minimum absolute atomic E-state index is 0.266. The van der Waals surface area contributed by atoms with Gasteiger partial charge in [0.2, 0.25) is 10.0 Å². The Hall–Kier alpha value is -1.43. The van der Waals surface area contributed by atoms with Gasteiger partial charge in [0.15, 0.2) is 0 Å². The Labute approximate surface area is 130 Å². The molecule has 1 N–H and O–H groups in total. The number of benzene rings is 1. The maximum absolute atomic E-state index is 12.1. The Kier molecular flexibility index (Phi) is 5.73. The molecule has 1 aromatic heterocycles. The predicted octanol–water partition coefficient (Wildman–Crippen LogP) is 2.38. The molecule has 21 heavy (non-hydrogen) atoms. The average molecular weight is 325 g/mol. The van der Waals surface area contributed by atoms with Crippen LogP contribution in [0, 0.1) is 0 Å². The number of hydrogen-bond donors (Lipinski definition) is 1. The second kappa shape index (κ2) is 7.54. The highest BCUT2D eigenvalue weighted by molar-refractivity contribution is 7.89. The molecular formula is C15H17ClN2O2S. The van der Waals surface area contributed by atoms with Crippen molar-refractivity contribution in [1.82, 2.24) is 9.71 Å². The first-order valence-corrected chi connectivity index (χ1v) is 8.68. The number of alkyl halides is 1. The zero-order chi connectivity index (χ0) is 15.1. The molecule has 2 rings (SSSR count). The standard InChI is InChI=1S/C15H17ClN2O2S/c16-10-8-13-4-6-15(7-5-13)21(19,20)18-12-9-14-3-1-2-11-17-14/h1-7,11,18H,8-10,12H2. The smallest absolute Gasteiger partial charge is 0.240 e. The number of sulfonamides is 1. The van der Waals surface area contributed by atoms with Crippen molar-refractivity contribution in [2.75, 3.05) is 12.4 Å². The largest absolute Gasteiger partial charge is 0.261 e. The van der Waals surface area contributed by atoms with E-state index in [1.807, 2.05) is 18.2 Å². The number of rotatable bonds is 7. The van der Waals surface area contributed by atoms with Crippen molar-refractivity contribution in [3.05, 3.63) is 59.9 Å². The first-order chi connectivity index (χ1) is 10.1. The van der Waals surface area contributed by atoms with E-state index in [2.05, 4.69) is 9.71 Å². The summed E-state index contributed by atoms with van der Waals surface area (Å²) in [7, 11) is -3.47. The third-order valence-corrected chi connectivity index (χ3v) is 4.68. The third kappa shape index (κ3) is 4.81. The van der Waals surface area contributed by atoms with Crippen molar-refractivity contribution in [2.45, 2.75) is 17.7 Å². The fourth-order valence-corrected chi connectivity index (χ4v) is 3.14. The molecule has 0 fully saturated rings. The van der Waals surface area contributed by atoms with Gasteiger partial charge in [-0.05, 0) is 36.2 Å². The van der Waals surface area contributed by atoms with Crippen LogP contribution in [0.3, 0.4) is 0 Å². The predicted molar refractivity (Wildman–Crippen MR) is 84.0 cm³/mol. The number of nitrogens with zero attached hydrogens (tertiary/aromatic N) is 1. The van der Waals surface area contributed by atoms with Crippen LogP contribution in [0.15, 0.2) is 53.6 Å². The zero-order valence-corrected chi connectivity index (χ0v) is 13.1. The molecule has 0 atom stereocenters. The van der Waals surface area contributed by atoms with Gasteiger partial charge in [0.1, 0.15) is 0 Å². The van der Waals surface area contributed by atoms with Gasteiger partial charge < -0.3 is 0 Å². The van der Waals surface area contributed by atoms with Crippen molar-refractivity contribution in [3.8, 4) is 0 Å². The molecule has 0 unspecified atom stereocenters. The Morgan fingerprint density at radius 1 is 1.05 bits per heavy atom. The number of aromatic nitrogens is 1. The molecule has 4 nitrogen and oxygen atoms in total. The third-order valence-electron chi connectivity index (χ3n) is 3.02. The number of halogens is 1. The summed E-state index contributed by atoms with van der Waals surface area (Å²) in [6, 6.07) is 12.4. The minimum atomic E-state index is -3.47. The first-order valence-electron chi connectivity index (χ1n) is 6.66. The molecule has 0 spiro atoms. The van der Waals surface area contributed by atoms with E-state index >= 15 is 0 Å². The first kappa shape index (κ1) is 15.9. The highest BCUT2D eigenvalue weighted by atomic mass is 35.5. The van der Waals surface area contributed by atoms with E-state index in [1.165, 1.54) is 0 Å². The molecule has 0 aliphatic carbocycles. The Bertz CT molecular complexity index is 658. The Morgan fingerprint density at radius 2 is 1.81 bits per heavy atom. The molecule has 0 radical (unpaired) electrons. The van der Waals surface area contributed by atoms with Crippen molar-refractivity contribution in [1.29, 1.82) is 0 Å². The summed E-state index contributed by atoms with van der Waals surface area (Å²) in [4.78, 5) is 4.42. The Morgan fingerprint density at radius 3 is 2.43 bits per heavy atom. The quantitative estimate of drug-likeness (QED) is 0.796. The summed E-state index contributed by atoms with van der Waals surface area (Å²) >= 11 is 5.66. The van der Waals surface area contributed by atoms with Gasteiger partial charge in [-0.1, -0.05) is 18.2 Å². The maximum atomic E-state index is 12.1. The fraction of sp³-hybridized carbons (Fsp3) is 0.267. The zero-order valence-electron chi connectivity index (χ0n) is 11.5. The highest BCUT2D eigenvalue weighted by Gasteiger charge is 2.13. The lowest BCUT2D eigenvalue weighted by atomic mass is 10.2. The molecule has 0 amide bonds. The van der Waals surface area contributed by atoms with Gasteiger partial charge in [0, 0.05) is 30.7 Å². The SMILES string of the molecule is O=S(=O)(NCCc1ccccn1)c1ccc(CCCl)cc1. The summed E-state index contributed by atoms with van der Waals surface area (Å²) < 4.78 is 26.8. The summed E-state index contributed by atoms with van der Waals surface area (Å²) in [5.74, 6) is 0.522. The summed E-state index contributed by atoms with van der Waals surface area (Å²) in [5.41, 5.74) is 1.88. The van der Waals surface area contributed by atoms with Gasteiger partial charge in [-0.15, -0.1) is 11.6 Å². The Balaban J connectivity index is 1.95. The number of pyridine rings is 1. The lowest BCUT2D eigenvalue weighted by Crippen LogP contribution is -2.26. The van der Waals surface area contributed by atoms with E-state index in [0.717, 1.165) is 17.7 Å². The van der Waals surface area contributed by atoms with Gasteiger partial charge in [-0.3, -0.25) is 4.98 Å². The molecule has 2 aromatic rings. The number of nitrogens with one attached hydrogen (secondary N) is 1. The number of aryl methyl sites for hydroxylation is 1. The average Bonchev–Trinajstić information content (AvgIpc) is 2.49. The monoisotopic (exact) mass is 324 g/mol. The summed E-state index contributed by atoms with van der Waals surface area (Å²) in [6.07, 6.45) is 2.98. The molecule has 112 valence electrons. The molecule has 0 saturated carbocycles. The van der Waals surface area contributed by atoms with E-state index in [0.29, 0.717) is 18.8 Å². The molecular weight excluding hydrogens is 308 g/mol. The molecule has 0 bridgehead atoms. The highest BCUT2D eigenvalue weighted by Crippen LogP contribution is 2.11. The molecule has 0 aliphatic rings. The van der Waals surface area contributed by atoms with Crippen molar-refractivity contribution in [3.63, 3.8) is 0 Å². The van der Waals surface area contributed by atoms with E-state index in [-0.39, 0.29) is 4.90 Å². The van der Waals surface area contributed by atoms with Crippen LogP contribution in [0.2, 0.25) is 0 Å². The normalized spacial score (nSPS) is 11.5. The van der Waals surface area contributed by atoms with Gasteiger partial charge in [0.05, 0.1) is 4.90 Å². The molecule has 1 heterocycles. The second-order valence-corrected chi connectivity index (χ2v) is 6.70. The maximum Gasteiger partial charge on any atom is 0.240 e. The van der Waals surface area contributed by atoms with Crippen molar-refractivity contribution >= 4 is 21.6 Å². The van der Waals surface area contributed by atoms with E-state index in [4.69, 9.17) is 11.6 Å². The van der Waals surface area contributed by atoms with Crippen LogP contribution in [0.25, 0.3) is 0 Å². The van der Waals surface area contributed by atoms with Crippen LogP contribution >= 0.6 is 11.6 Å².